The third-order valence-electron chi connectivity index (χ3n) is 5.12. The van der Waals surface area contributed by atoms with E-state index in [1.54, 1.807) is 25.3 Å². The summed E-state index contributed by atoms with van der Waals surface area (Å²) in [5.74, 6) is 0.564. The molecule has 0 saturated heterocycles. The number of benzene rings is 2. The van der Waals surface area contributed by atoms with Crippen LogP contribution in [0.15, 0.2) is 42.5 Å². The number of nitrogens with zero attached hydrogens (tertiary/aromatic N) is 2. The molecule has 0 atom stereocenters. The van der Waals surface area contributed by atoms with E-state index in [9.17, 15) is 4.79 Å². The van der Waals surface area contributed by atoms with Crippen LogP contribution in [0.25, 0.3) is 0 Å². The Morgan fingerprint density at radius 2 is 1.83 bits per heavy atom. The molecule has 1 amide bonds. The lowest BCUT2D eigenvalue weighted by atomic mass is 10.1. The van der Waals surface area contributed by atoms with E-state index in [1.165, 1.54) is 11.1 Å². The monoisotopic (exact) mass is 428 g/mol. The molecule has 3 N–H and O–H groups in total. The van der Waals surface area contributed by atoms with Crippen LogP contribution in [-0.2, 0) is 17.8 Å². The molecule has 0 aliphatic carbocycles. The highest BCUT2D eigenvalue weighted by molar-refractivity contribution is 5.94. The summed E-state index contributed by atoms with van der Waals surface area (Å²) in [7, 11) is 1.58. The van der Waals surface area contributed by atoms with Crippen LogP contribution in [0, 0.1) is 20.8 Å². The number of anilines is 2. The lowest BCUT2D eigenvalue weighted by Gasteiger charge is -2.10. The van der Waals surface area contributed by atoms with Crippen LogP contribution < -0.4 is 15.8 Å². The molecule has 0 radical (unpaired) electrons. The molecule has 1 aromatic heterocycles. The van der Waals surface area contributed by atoms with E-state index in [-0.39, 0.29) is 18.3 Å². The largest absolute Gasteiger partial charge is 0.497 e. The van der Waals surface area contributed by atoms with Gasteiger partial charge in [-0.1, -0.05) is 29.8 Å². The highest BCUT2D eigenvalue weighted by atomic mass is 35.5. The predicted octanol–water partition coefficient (Wildman–Crippen LogP) is 4.44. The molecule has 0 unspecified atom stereocenters. The molecule has 30 heavy (non-hydrogen) atoms. The van der Waals surface area contributed by atoms with Crippen LogP contribution in [0.1, 0.15) is 34.5 Å². The molecule has 1 heterocycles. The van der Waals surface area contributed by atoms with Crippen molar-refractivity contribution in [2.75, 3.05) is 18.2 Å². The molecule has 7 heteroatoms. The van der Waals surface area contributed by atoms with E-state index in [0.29, 0.717) is 30.0 Å². The summed E-state index contributed by atoms with van der Waals surface area (Å²) in [6, 6.07) is 13.7. The van der Waals surface area contributed by atoms with Gasteiger partial charge in [0.05, 0.1) is 30.7 Å². The van der Waals surface area contributed by atoms with E-state index in [4.69, 9.17) is 10.5 Å². The average Bonchev–Trinajstić information content (AvgIpc) is 2.96. The Morgan fingerprint density at radius 3 is 2.50 bits per heavy atom. The number of halogens is 1. The molecule has 6 nitrogen and oxygen atoms in total. The van der Waals surface area contributed by atoms with Gasteiger partial charge in [0.25, 0.3) is 0 Å². The van der Waals surface area contributed by atoms with Crippen molar-refractivity contribution in [2.45, 2.75) is 40.2 Å². The summed E-state index contributed by atoms with van der Waals surface area (Å²) < 4.78 is 7.20. The van der Waals surface area contributed by atoms with Gasteiger partial charge in [0, 0.05) is 18.2 Å². The van der Waals surface area contributed by atoms with Crippen molar-refractivity contribution in [3.05, 3.63) is 70.5 Å². The highest BCUT2D eigenvalue weighted by Gasteiger charge is 2.14. The fourth-order valence-electron chi connectivity index (χ4n) is 3.34. The second-order valence-electron chi connectivity index (χ2n) is 7.29. The number of hydrogen-bond donors (Lipinski definition) is 2. The lowest BCUT2D eigenvalue weighted by Crippen LogP contribution is -2.14. The summed E-state index contributed by atoms with van der Waals surface area (Å²) in [4.78, 5) is 12.5. The lowest BCUT2D eigenvalue weighted by molar-refractivity contribution is -0.116. The topological polar surface area (TPSA) is 82.2 Å². The molecule has 3 rings (SSSR count). The average molecular weight is 429 g/mol. The van der Waals surface area contributed by atoms with Crippen molar-refractivity contribution in [1.29, 1.82) is 0 Å². The van der Waals surface area contributed by atoms with Crippen LogP contribution in [0.4, 0.5) is 11.4 Å². The zero-order valence-electron chi connectivity index (χ0n) is 17.9. The van der Waals surface area contributed by atoms with Crippen molar-refractivity contribution < 1.29 is 9.53 Å². The van der Waals surface area contributed by atoms with Crippen molar-refractivity contribution in [1.82, 2.24) is 9.78 Å². The SMILES string of the molecule is COc1ccc(N)c(NC(=O)CCc2c(C)nn(Cc3ccc(C)cc3)c2C)c1.Cl. The van der Waals surface area contributed by atoms with Crippen molar-refractivity contribution in [3.63, 3.8) is 0 Å². The van der Waals surface area contributed by atoms with Gasteiger partial charge in [-0.25, -0.2) is 0 Å². The number of nitrogens with two attached hydrogens (primary N) is 1. The quantitative estimate of drug-likeness (QED) is 0.545. The number of carbonyl (C=O) groups excluding carboxylic acids is 1. The Labute approximate surface area is 183 Å². The Bertz CT molecular complexity index is 1010. The second-order valence-corrected chi connectivity index (χ2v) is 7.29. The van der Waals surface area contributed by atoms with Gasteiger partial charge in [0.15, 0.2) is 0 Å². The Balaban J connectivity index is 0.00000320. The zero-order valence-corrected chi connectivity index (χ0v) is 18.7. The van der Waals surface area contributed by atoms with Crippen LogP contribution in [0.2, 0.25) is 0 Å². The number of nitrogen functional groups attached to an aromatic ring is 1. The first-order valence-electron chi connectivity index (χ1n) is 9.69. The Hall–Kier alpha value is -2.99. The molecule has 0 aliphatic rings. The minimum absolute atomic E-state index is 0. The number of rotatable bonds is 7. The minimum Gasteiger partial charge on any atom is -0.497 e. The van der Waals surface area contributed by atoms with Gasteiger partial charge in [0.2, 0.25) is 5.91 Å². The van der Waals surface area contributed by atoms with Gasteiger partial charge in [-0.15, -0.1) is 12.4 Å². The van der Waals surface area contributed by atoms with Crippen LogP contribution in [0.5, 0.6) is 5.75 Å². The number of amides is 1. The third-order valence-corrected chi connectivity index (χ3v) is 5.12. The van der Waals surface area contributed by atoms with Crippen molar-refractivity contribution >= 4 is 29.7 Å². The number of nitrogens with one attached hydrogen (secondary N) is 1. The van der Waals surface area contributed by atoms with Crippen LogP contribution in [0.3, 0.4) is 0 Å². The van der Waals surface area contributed by atoms with Crippen LogP contribution >= 0.6 is 12.4 Å². The molecular weight excluding hydrogens is 400 g/mol. The molecule has 0 fully saturated rings. The first-order valence-corrected chi connectivity index (χ1v) is 9.69. The molecule has 0 bridgehead atoms. The summed E-state index contributed by atoms with van der Waals surface area (Å²) >= 11 is 0. The number of hydrogen-bond acceptors (Lipinski definition) is 4. The standard InChI is InChI=1S/C23H28N4O2.ClH/c1-15-5-7-18(8-6-15)14-27-17(3)20(16(2)26-27)10-12-23(28)25-22-13-19(29-4)9-11-21(22)24;/h5-9,11,13H,10,12,14,24H2,1-4H3,(H,25,28);1H. The molecule has 0 saturated carbocycles. The highest BCUT2D eigenvalue weighted by Crippen LogP contribution is 2.25. The second kappa shape index (κ2) is 10.2. The summed E-state index contributed by atoms with van der Waals surface area (Å²) in [5.41, 5.74) is 12.7. The van der Waals surface area contributed by atoms with Gasteiger partial charge in [0.1, 0.15) is 5.75 Å². The summed E-state index contributed by atoms with van der Waals surface area (Å²) in [5, 5.41) is 7.55. The number of carbonyl (C=O) groups is 1. The third kappa shape index (κ3) is 5.54. The molecule has 0 aliphatic heterocycles. The first-order chi connectivity index (χ1) is 13.9. The smallest absolute Gasteiger partial charge is 0.224 e. The maximum absolute atomic E-state index is 12.5. The number of methoxy groups -OCH3 is 1. The molecule has 2 aromatic carbocycles. The number of aromatic nitrogens is 2. The van der Waals surface area contributed by atoms with Gasteiger partial charge in [-0.05, 0) is 50.5 Å². The molecule has 3 aromatic rings. The first kappa shape index (κ1) is 23.3. The van der Waals surface area contributed by atoms with E-state index in [0.717, 1.165) is 23.5 Å². The Morgan fingerprint density at radius 1 is 1.13 bits per heavy atom. The number of ether oxygens (including phenoxy) is 1. The molecule has 160 valence electrons. The minimum atomic E-state index is -0.0879. The fraction of sp³-hybridized carbons (Fsp3) is 0.304. The maximum atomic E-state index is 12.5. The van der Waals surface area contributed by atoms with Crippen molar-refractivity contribution in [2.24, 2.45) is 0 Å². The molecular formula is C23H29ClN4O2. The van der Waals surface area contributed by atoms with E-state index in [2.05, 4.69) is 48.5 Å². The van der Waals surface area contributed by atoms with Gasteiger partial charge < -0.3 is 15.8 Å². The fourth-order valence-corrected chi connectivity index (χ4v) is 3.34. The predicted molar refractivity (Wildman–Crippen MR) is 124 cm³/mol. The van der Waals surface area contributed by atoms with E-state index in [1.807, 2.05) is 11.6 Å². The number of aryl methyl sites for hydroxylation is 2. The van der Waals surface area contributed by atoms with Gasteiger partial charge in [-0.2, -0.15) is 5.10 Å². The summed E-state index contributed by atoms with van der Waals surface area (Å²) in [6.45, 7) is 6.85. The zero-order chi connectivity index (χ0) is 21.0. The van der Waals surface area contributed by atoms with E-state index >= 15 is 0 Å². The van der Waals surface area contributed by atoms with E-state index < -0.39 is 0 Å². The van der Waals surface area contributed by atoms with Gasteiger partial charge >= 0.3 is 0 Å². The normalized spacial score (nSPS) is 10.4. The molecule has 0 spiro atoms. The van der Waals surface area contributed by atoms with Gasteiger partial charge in [-0.3, -0.25) is 9.48 Å². The Kier molecular flexibility index (Phi) is 7.89. The van der Waals surface area contributed by atoms with Crippen molar-refractivity contribution in [3.8, 4) is 5.75 Å². The van der Waals surface area contributed by atoms with Crippen LogP contribution in [-0.4, -0.2) is 22.8 Å². The maximum Gasteiger partial charge on any atom is 0.224 e. The summed E-state index contributed by atoms with van der Waals surface area (Å²) in [6.07, 6.45) is 0.982.